The van der Waals surface area contributed by atoms with Crippen LogP contribution in [-0.4, -0.2) is 30.8 Å². The molecule has 0 aliphatic carbocycles. The fourth-order valence-corrected chi connectivity index (χ4v) is 3.43. The number of thiazole rings is 1. The van der Waals surface area contributed by atoms with Gasteiger partial charge in [-0.15, -0.1) is 11.3 Å². The van der Waals surface area contributed by atoms with E-state index >= 15 is 0 Å². The van der Waals surface area contributed by atoms with E-state index in [0.717, 1.165) is 48.2 Å². The van der Waals surface area contributed by atoms with Crippen molar-refractivity contribution in [2.75, 3.05) is 19.9 Å². The fraction of sp³-hybridized carbons (Fsp3) is 0.474. The molecule has 0 unspecified atom stereocenters. The van der Waals surface area contributed by atoms with E-state index in [-0.39, 0.29) is 0 Å². The highest BCUT2D eigenvalue weighted by Gasteiger charge is 2.13. The largest absolute Gasteiger partial charge is 0.454 e. The molecular formula is C19H26N4O2S. The maximum Gasteiger partial charge on any atom is 0.231 e. The maximum absolute atomic E-state index is 5.42. The quantitative estimate of drug-likeness (QED) is 0.575. The summed E-state index contributed by atoms with van der Waals surface area (Å²) < 4.78 is 10.8. The Morgan fingerprint density at radius 1 is 1.27 bits per heavy atom. The Balaban J connectivity index is 1.53. The van der Waals surface area contributed by atoms with Crippen molar-refractivity contribution >= 4 is 17.3 Å². The summed E-state index contributed by atoms with van der Waals surface area (Å²) >= 11 is 1.74. The first-order chi connectivity index (χ1) is 12.7. The van der Waals surface area contributed by atoms with Crippen molar-refractivity contribution in [1.29, 1.82) is 0 Å². The average Bonchev–Trinajstić information content (AvgIpc) is 3.28. The lowest BCUT2D eigenvalue weighted by molar-refractivity contribution is 0.174. The van der Waals surface area contributed by atoms with Crippen molar-refractivity contribution in [3.8, 4) is 11.5 Å². The van der Waals surface area contributed by atoms with Gasteiger partial charge in [0.25, 0.3) is 0 Å². The lowest BCUT2D eigenvalue weighted by Crippen LogP contribution is -2.38. The van der Waals surface area contributed by atoms with Crippen molar-refractivity contribution in [2.45, 2.75) is 39.7 Å². The third kappa shape index (κ3) is 4.88. The Hall–Kier alpha value is -2.28. The van der Waals surface area contributed by atoms with Crippen LogP contribution in [0.2, 0.25) is 0 Å². The van der Waals surface area contributed by atoms with Crippen molar-refractivity contribution in [1.82, 2.24) is 15.6 Å². The van der Waals surface area contributed by atoms with E-state index in [1.807, 2.05) is 18.2 Å². The molecule has 6 nitrogen and oxygen atoms in total. The van der Waals surface area contributed by atoms with Gasteiger partial charge in [0.2, 0.25) is 6.79 Å². The normalized spacial score (nSPS) is 13.3. The van der Waals surface area contributed by atoms with Crippen LogP contribution < -0.4 is 20.1 Å². The number of aliphatic imine (C=N–C) groups is 1. The lowest BCUT2D eigenvalue weighted by Gasteiger charge is -2.11. The van der Waals surface area contributed by atoms with Crippen LogP contribution in [-0.2, 0) is 13.0 Å². The Morgan fingerprint density at radius 3 is 2.88 bits per heavy atom. The highest BCUT2D eigenvalue weighted by Crippen LogP contribution is 2.32. The van der Waals surface area contributed by atoms with Crippen LogP contribution in [0.25, 0.3) is 0 Å². The standard InChI is InChI=1S/C19H26N4O2S/c1-4-20-19(21-8-7-15-11-26-18(23-15)13(2)3)22-10-14-5-6-16-17(9-14)25-12-24-16/h5-6,9,11,13H,4,7-8,10,12H2,1-3H3,(H2,20,21,22). The first kappa shape index (κ1) is 18.5. The first-order valence-electron chi connectivity index (χ1n) is 9.00. The fourth-order valence-electron chi connectivity index (χ4n) is 2.56. The molecule has 2 heterocycles. The molecule has 0 saturated heterocycles. The highest BCUT2D eigenvalue weighted by molar-refractivity contribution is 7.09. The number of nitrogens with zero attached hydrogens (tertiary/aromatic N) is 2. The van der Waals surface area contributed by atoms with Gasteiger partial charge in [0.05, 0.1) is 17.2 Å². The average molecular weight is 375 g/mol. The van der Waals surface area contributed by atoms with Gasteiger partial charge in [-0.1, -0.05) is 19.9 Å². The summed E-state index contributed by atoms with van der Waals surface area (Å²) in [5, 5.41) is 10.0. The molecule has 0 radical (unpaired) electrons. The van der Waals surface area contributed by atoms with Crippen LogP contribution in [0.4, 0.5) is 0 Å². The smallest absolute Gasteiger partial charge is 0.231 e. The zero-order valence-electron chi connectivity index (χ0n) is 15.5. The monoisotopic (exact) mass is 374 g/mol. The molecule has 0 saturated carbocycles. The van der Waals surface area contributed by atoms with E-state index < -0.39 is 0 Å². The molecule has 1 aliphatic rings. The van der Waals surface area contributed by atoms with E-state index in [9.17, 15) is 0 Å². The molecule has 0 atom stereocenters. The third-order valence-corrected chi connectivity index (χ3v) is 5.13. The van der Waals surface area contributed by atoms with Gasteiger partial charge < -0.3 is 20.1 Å². The van der Waals surface area contributed by atoms with Crippen molar-refractivity contribution in [3.05, 3.63) is 39.8 Å². The molecule has 2 N–H and O–H groups in total. The molecule has 0 fully saturated rings. The van der Waals surface area contributed by atoms with Crippen molar-refractivity contribution < 1.29 is 9.47 Å². The number of benzene rings is 1. The minimum Gasteiger partial charge on any atom is -0.454 e. The summed E-state index contributed by atoms with van der Waals surface area (Å²) in [5.74, 6) is 2.89. The summed E-state index contributed by atoms with van der Waals surface area (Å²) in [6, 6.07) is 5.93. The minimum absolute atomic E-state index is 0.293. The van der Waals surface area contributed by atoms with Crippen LogP contribution in [0, 0.1) is 0 Å². The number of fused-ring (bicyclic) bond motifs is 1. The van der Waals surface area contributed by atoms with Crippen LogP contribution in [0.1, 0.15) is 43.0 Å². The molecule has 0 spiro atoms. The van der Waals surface area contributed by atoms with Crippen molar-refractivity contribution in [2.24, 2.45) is 4.99 Å². The first-order valence-corrected chi connectivity index (χ1v) is 9.88. The molecule has 0 bridgehead atoms. The second-order valence-corrected chi connectivity index (χ2v) is 7.28. The summed E-state index contributed by atoms with van der Waals surface area (Å²) in [7, 11) is 0. The van der Waals surface area contributed by atoms with E-state index in [0.29, 0.717) is 19.3 Å². The predicted octanol–water partition coefficient (Wildman–Crippen LogP) is 3.29. The summed E-state index contributed by atoms with van der Waals surface area (Å²) in [4.78, 5) is 9.33. The number of nitrogens with one attached hydrogen (secondary N) is 2. The van der Waals surface area contributed by atoms with Crippen molar-refractivity contribution in [3.63, 3.8) is 0 Å². The van der Waals surface area contributed by atoms with Gasteiger partial charge in [0.1, 0.15) is 0 Å². The molecule has 1 aromatic heterocycles. The maximum atomic E-state index is 5.42. The molecule has 0 amide bonds. The highest BCUT2D eigenvalue weighted by atomic mass is 32.1. The molecule has 7 heteroatoms. The van der Waals surface area contributed by atoms with Gasteiger partial charge in [0, 0.05) is 30.8 Å². The number of aromatic nitrogens is 1. The Kier molecular flexibility index (Phi) is 6.33. The SMILES string of the molecule is CCNC(=NCc1ccc2c(c1)OCO2)NCCc1csc(C(C)C)n1. The lowest BCUT2D eigenvalue weighted by atomic mass is 10.2. The van der Waals surface area contributed by atoms with E-state index in [1.165, 1.54) is 5.01 Å². The van der Waals surface area contributed by atoms with Gasteiger partial charge in [-0.05, 0) is 24.6 Å². The van der Waals surface area contributed by atoms with Crippen LogP contribution >= 0.6 is 11.3 Å². The summed E-state index contributed by atoms with van der Waals surface area (Å²) in [6.45, 7) is 8.91. The molecule has 3 rings (SSSR count). The second-order valence-electron chi connectivity index (χ2n) is 6.39. The molecule has 26 heavy (non-hydrogen) atoms. The van der Waals surface area contributed by atoms with E-state index in [2.05, 4.69) is 46.8 Å². The van der Waals surface area contributed by atoms with Crippen LogP contribution in [0.15, 0.2) is 28.6 Å². The zero-order valence-corrected chi connectivity index (χ0v) is 16.4. The number of guanidine groups is 1. The molecule has 2 aromatic rings. The summed E-state index contributed by atoms with van der Waals surface area (Å²) in [5.41, 5.74) is 2.23. The second kappa shape index (κ2) is 8.89. The van der Waals surface area contributed by atoms with Gasteiger partial charge >= 0.3 is 0 Å². The minimum atomic E-state index is 0.293. The number of hydrogen-bond acceptors (Lipinski definition) is 5. The van der Waals surface area contributed by atoms with E-state index in [1.54, 1.807) is 11.3 Å². The predicted molar refractivity (Wildman–Crippen MR) is 105 cm³/mol. The third-order valence-electron chi connectivity index (χ3n) is 3.94. The Morgan fingerprint density at radius 2 is 2.12 bits per heavy atom. The Labute approximate surface area is 158 Å². The zero-order chi connectivity index (χ0) is 18.4. The Bertz CT molecular complexity index is 758. The van der Waals surface area contributed by atoms with E-state index in [4.69, 9.17) is 9.47 Å². The molecule has 1 aliphatic heterocycles. The van der Waals surface area contributed by atoms with Crippen LogP contribution in [0.5, 0.6) is 11.5 Å². The number of rotatable bonds is 7. The van der Waals surface area contributed by atoms with Gasteiger partial charge in [-0.2, -0.15) is 0 Å². The number of ether oxygens (including phenoxy) is 2. The molecular weight excluding hydrogens is 348 g/mol. The molecule has 1 aromatic carbocycles. The molecule has 140 valence electrons. The number of hydrogen-bond donors (Lipinski definition) is 2. The van der Waals surface area contributed by atoms with Crippen LogP contribution in [0.3, 0.4) is 0 Å². The van der Waals surface area contributed by atoms with Gasteiger partial charge in [-0.3, -0.25) is 0 Å². The topological polar surface area (TPSA) is 67.8 Å². The van der Waals surface area contributed by atoms with Gasteiger partial charge in [0.15, 0.2) is 17.5 Å². The van der Waals surface area contributed by atoms with Gasteiger partial charge in [-0.25, -0.2) is 9.98 Å². The summed E-state index contributed by atoms with van der Waals surface area (Å²) in [6.07, 6.45) is 0.887.